The third kappa shape index (κ3) is 2.73. The zero-order valence-electron chi connectivity index (χ0n) is 9.61. The molecule has 2 aromatic rings. The number of aromatic nitrogens is 1. The van der Waals surface area contributed by atoms with Crippen LogP contribution in [0.4, 0.5) is 0 Å². The minimum atomic E-state index is -0.0146. The van der Waals surface area contributed by atoms with Gasteiger partial charge in [-0.05, 0) is 12.1 Å². The molecule has 0 radical (unpaired) electrons. The molecule has 0 aliphatic rings. The van der Waals surface area contributed by atoms with Gasteiger partial charge in [-0.15, -0.1) is 11.3 Å². The molecule has 17 heavy (non-hydrogen) atoms. The predicted octanol–water partition coefficient (Wildman–Crippen LogP) is 4.30. The highest BCUT2D eigenvalue weighted by molar-refractivity contribution is 7.12. The summed E-state index contributed by atoms with van der Waals surface area (Å²) in [4.78, 5) is 16.1. The van der Waals surface area contributed by atoms with Crippen molar-refractivity contribution >= 4 is 28.7 Å². The Morgan fingerprint density at radius 1 is 1.29 bits per heavy atom. The Labute approximate surface area is 109 Å². The molecule has 1 aromatic carbocycles. The molecule has 0 unspecified atom stereocenters. The normalized spacial score (nSPS) is 10.8. The summed E-state index contributed by atoms with van der Waals surface area (Å²) in [7, 11) is 0. The first-order valence-corrected chi connectivity index (χ1v) is 6.59. The maximum atomic E-state index is 11.8. The van der Waals surface area contributed by atoms with E-state index in [4.69, 9.17) is 11.6 Å². The molecular formula is C13H12ClNOS. The predicted molar refractivity (Wildman–Crippen MR) is 71.7 cm³/mol. The molecule has 4 heteroatoms. The summed E-state index contributed by atoms with van der Waals surface area (Å²) in [5.41, 5.74) is 1.81. The van der Waals surface area contributed by atoms with Crippen molar-refractivity contribution in [3.05, 3.63) is 39.7 Å². The molecule has 1 heterocycles. The average Bonchev–Trinajstić information content (AvgIpc) is 2.78. The van der Waals surface area contributed by atoms with Gasteiger partial charge in [-0.3, -0.25) is 4.79 Å². The van der Waals surface area contributed by atoms with Gasteiger partial charge in [0.1, 0.15) is 0 Å². The molecule has 0 saturated carbocycles. The second kappa shape index (κ2) is 4.98. The number of ketones is 1. The van der Waals surface area contributed by atoms with Gasteiger partial charge in [0.25, 0.3) is 0 Å². The molecule has 0 amide bonds. The number of rotatable bonds is 3. The van der Waals surface area contributed by atoms with Crippen molar-refractivity contribution in [1.29, 1.82) is 0 Å². The third-order valence-corrected chi connectivity index (χ3v) is 3.49. The lowest BCUT2D eigenvalue weighted by Crippen LogP contribution is -2.06. The Balaban J connectivity index is 2.30. The van der Waals surface area contributed by atoms with Crippen LogP contribution >= 0.6 is 22.9 Å². The zero-order chi connectivity index (χ0) is 12.4. The van der Waals surface area contributed by atoms with E-state index in [9.17, 15) is 4.79 Å². The van der Waals surface area contributed by atoms with Gasteiger partial charge in [0.2, 0.25) is 0 Å². The minimum absolute atomic E-state index is 0.0146. The van der Waals surface area contributed by atoms with Gasteiger partial charge in [-0.25, -0.2) is 4.98 Å². The van der Waals surface area contributed by atoms with Crippen molar-refractivity contribution in [3.8, 4) is 11.3 Å². The first-order chi connectivity index (χ1) is 8.08. The lowest BCUT2D eigenvalue weighted by Gasteiger charge is -1.99. The lowest BCUT2D eigenvalue weighted by atomic mass is 10.1. The van der Waals surface area contributed by atoms with Crippen molar-refractivity contribution in [2.24, 2.45) is 5.92 Å². The summed E-state index contributed by atoms with van der Waals surface area (Å²) in [5.74, 6) is 0.0782. The van der Waals surface area contributed by atoms with Crippen molar-refractivity contribution in [1.82, 2.24) is 4.98 Å². The first kappa shape index (κ1) is 12.3. The number of hydrogen-bond donors (Lipinski definition) is 0. The summed E-state index contributed by atoms with van der Waals surface area (Å²) in [6.45, 7) is 3.76. The summed E-state index contributed by atoms with van der Waals surface area (Å²) < 4.78 is 0. The van der Waals surface area contributed by atoms with Gasteiger partial charge < -0.3 is 0 Å². The number of halogens is 1. The molecule has 88 valence electrons. The van der Waals surface area contributed by atoms with Crippen LogP contribution in [0.3, 0.4) is 0 Å². The van der Waals surface area contributed by atoms with Crippen LogP contribution in [0.15, 0.2) is 29.6 Å². The zero-order valence-corrected chi connectivity index (χ0v) is 11.2. The van der Waals surface area contributed by atoms with Crippen LogP contribution in [0.2, 0.25) is 5.02 Å². The van der Waals surface area contributed by atoms with E-state index in [-0.39, 0.29) is 11.7 Å². The SMILES string of the molecule is CC(C)C(=O)c1nc(-c2ccc(Cl)cc2)cs1. The third-order valence-electron chi connectivity index (χ3n) is 2.38. The number of thiazole rings is 1. The Kier molecular flexibility index (Phi) is 3.60. The van der Waals surface area contributed by atoms with Crippen LogP contribution in [0.25, 0.3) is 11.3 Å². The number of nitrogens with zero attached hydrogens (tertiary/aromatic N) is 1. The molecule has 0 bridgehead atoms. The first-order valence-electron chi connectivity index (χ1n) is 5.33. The topological polar surface area (TPSA) is 30.0 Å². The number of carbonyl (C=O) groups excluding carboxylic acids is 1. The van der Waals surface area contributed by atoms with Crippen molar-refractivity contribution in [2.45, 2.75) is 13.8 Å². The van der Waals surface area contributed by atoms with E-state index in [1.807, 2.05) is 43.5 Å². The van der Waals surface area contributed by atoms with Crippen LogP contribution in [0.5, 0.6) is 0 Å². The van der Waals surface area contributed by atoms with E-state index in [1.54, 1.807) is 0 Å². The highest BCUT2D eigenvalue weighted by Gasteiger charge is 2.15. The van der Waals surface area contributed by atoms with Crippen LogP contribution in [0.1, 0.15) is 23.6 Å². The van der Waals surface area contributed by atoms with Gasteiger partial charge in [0, 0.05) is 21.9 Å². The van der Waals surface area contributed by atoms with Crippen molar-refractivity contribution in [3.63, 3.8) is 0 Å². The largest absolute Gasteiger partial charge is 0.291 e. The maximum Gasteiger partial charge on any atom is 0.193 e. The molecule has 0 aliphatic heterocycles. The Morgan fingerprint density at radius 2 is 1.94 bits per heavy atom. The van der Waals surface area contributed by atoms with Gasteiger partial charge >= 0.3 is 0 Å². The summed E-state index contributed by atoms with van der Waals surface area (Å²) in [6.07, 6.45) is 0. The fourth-order valence-electron chi connectivity index (χ4n) is 1.39. The highest BCUT2D eigenvalue weighted by Crippen LogP contribution is 2.24. The van der Waals surface area contributed by atoms with Gasteiger partial charge in [-0.2, -0.15) is 0 Å². The molecule has 0 atom stereocenters. The second-order valence-electron chi connectivity index (χ2n) is 4.06. The highest BCUT2D eigenvalue weighted by atomic mass is 35.5. The Hall–Kier alpha value is -1.19. The monoisotopic (exact) mass is 265 g/mol. The van der Waals surface area contributed by atoms with E-state index in [0.717, 1.165) is 11.3 Å². The molecule has 0 spiro atoms. The van der Waals surface area contributed by atoms with E-state index >= 15 is 0 Å². The number of carbonyl (C=O) groups is 1. The molecule has 0 saturated heterocycles. The van der Waals surface area contributed by atoms with Crippen LogP contribution in [-0.2, 0) is 0 Å². The quantitative estimate of drug-likeness (QED) is 0.775. The summed E-state index contributed by atoms with van der Waals surface area (Å²) in [5, 5.41) is 3.17. The average molecular weight is 266 g/mol. The molecule has 0 N–H and O–H groups in total. The Morgan fingerprint density at radius 3 is 2.53 bits per heavy atom. The van der Waals surface area contributed by atoms with Crippen LogP contribution in [-0.4, -0.2) is 10.8 Å². The van der Waals surface area contributed by atoms with Crippen molar-refractivity contribution < 1.29 is 4.79 Å². The van der Waals surface area contributed by atoms with E-state index < -0.39 is 0 Å². The van der Waals surface area contributed by atoms with E-state index in [2.05, 4.69) is 4.98 Å². The number of Topliss-reactive ketones (excluding diaryl/α,β-unsaturated/α-hetero) is 1. The second-order valence-corrected chi connectivity index (χ2v) is 5.36. The standard InChI is InChI=1S/C13H12ClNOS/c1-8(2)12(16)13-15-11(7-17-13)9-3-5-10(14)6-4-9/h3-8H,1-2H3. The van der Waals surface area contributed by atoms with Crippen molar-refractivity contribution in [2.75, 3.05) is 0 Å². The maximum absolute atomic E-state index is 11.8. The van der Waals surface area contributed by atoms with E-state index in [0.29, 0.717) is 10.0 Å². The fourth-order valence-corrected chi connectivity index (χ4v) is 2.43. The molecule has 0 aliphatic carbocycles. The Bertz CT molecular complexity index is 531. The van der Waals surface area contributed by atoms with Gasteiger partial charge in [0.05, 0.1) is 5.69 Å². The number of hydrogen-bond acceptors (Lipinski definition) is 3. The smallest absolute Gasteiger partial charge is 0.193 e. The molecular weight excluding hydrogens is 254 g/mol. The fraction of sp³-hybridized carbons (Fsp3) is 0.231. The van der Waals surface area contributed by atoms with Crippen LogP contribution in [0, 0.1) is 5.92 Å². The summed E-state index contributed by atoms with van der Waals surface area (Å²) >= 11 is 7.22. The molecule has 1 aromatic heterocycles. The van der Waals surface area contributed by atoms with Gasteiger partial charge in [0.15, 0.2) is 10.8 Å². The lowest BCUT2D eigenvalue weighted by molar-refractivity contribution is 0.0939. The van der Waals surface area contributed by atoms with Crippen LogP contribution < -0.4 is 0 Å². The molecule has 0 fully saturated rings. The molecule has 2 rings (SSSR count). The summed E-state index contributed by atoms with van der Waals surface area (Å²) in [6, 6.07) is 7.45. The van der Waals surface area contributed by atoms with E-state index in [1.165, 1.54) is 11.3 Å². The van der Waals surface area contributed by atoms with Gasteiger partial charge in [-0.1, -0.05) is 37.6 Å². The molecule has 2 nitrogen and oxygen atoms in total. The minimum Gasteiger partial charge on any atom is -0.291 e. The number of benzene rings is 1.